The first kappa shape index (κ1) is 18.3. The van der Waals surface area contributed by atoms with E-state index in [2.05, 4.69) is 34.1 Å². The second kappa shape index (κ2) is 7.13. The third-order valence-corrected chi connectivity index (χ3v) is 7.60. The zero-order valence-electron chi connectivity index (χ0n) is 15.0. The number of fused-ring (bicyclic) bond motifs is 1. The molecule has 138 valence electrons. The van der Waals surface area contributed by atoms with Crippen molar-refractivity contribution in [3.8, 4) is 11.1 Å². The van der Waals surface area contributed by atoms with Crippen LogP contribution in [0.5, 0.6) is 0 Å². The topological polar surface area (TPSA) is 37.4 Å². The van der Waals surface area contributed by atoms with E-state index < -0.39 is 10.0 Å². The first-order valence-corrected chi connectivity index (χ1v) is 11.4. The van der Waals surface area contributed by atoms with Crippen LogP contribution in [0.15, 0.2) is 77.7 Å². The Morgan fingerprint density at radius 1 is 0.963 bits per heavy atom. The molecule has 0 N–H and O–H groups in total. The maximum absolute atomic E-state index is 13.3. The third kappa shape index (κ3) is 3.30. The second-order valence-electron chi connectivity index (χ2n) is 6.84. The average Bonchev–Trinajstić information content (AvgIpc) is 3.07. The second-order valence-corrected chi connectivity index (χ2v) is 9.30. The molecule has 1 aliphatic rings. The number of halogens is 1. The Balaban J connectivity index is 1.78. The molecule has 0 spiro atoms. The largest absolute Gasteiger partial charge is 0.264 e. The SMILES string of the molecule is Cc1ccc(S(=O)(=O)N2c3ccc(-c4ccccc4)cc3C[C@@H]2CBr)cc1. The van der Waals surface area contributed by atoms with Gasteiger partial charge in [-0.05, 0) is 54.3 Å². The first-order valence-electron chi connectivity index (χ1n) is 8.86. The lowest BCUT2D eigenvalue weighted by Gasteiger charge is -2.26. The number of hydrogen-bond donors (Lipinski definition) is 0. The molecule has 0 aromatic heterocycles. The van der Waals surface area contributed by atoms with Crippen LogP contribution in [0.1, 0.15) is 11.1 Å². The van der Waals surface area contributed by atoms with Gasteiger partial charge < -0.3 is 0 Å². The molecule has 3 aromatic carbocycles. The quantitative estimate of drug-likeness (QED) is 0.523. The van der Waals surface area contributed by atoms with Gasteiger partial charge in [0.2, 0.25) is 0 Å². The van der Waals surface area contributed by atoms with Crippen molar-refractivity contribution in [1.82, 2.24) is 0 Å². The number of benzene rings is 3. The van der Waals surface area contributed by atoms with Crippen LogP contribution >= 0.6 is 15.9 Å². The van der Waals surface area contributed by atoms with Crippen LogP contribution in [0.4, 0.5) is 5.69 Å². The molecule has 3 aromatic rings. The smallest absolute Gasteiger partial charge is 0.262 e. The summed E-state index contributed by atoms with van der Waals surface area (Å²) >= 11 is 3.51. The number of rotatable bonds is 4. The van der Waals surface area contributed by atoms with Gasteiger partial charge in [-0.1, -0.05) is 70.0 Å². The maximum atomic E-state index is 13.3. The molecule has 0 bridgehead atoms. The average molecular weight is 442 g/mol. The number of aryl methyl sites for hydroxylation is 1. The van der Waals surface area contributed by atoms with Crippen molar-refractivity contribution >= 4 is 31.6 Å². The Morgan fingerprint density at radius 3 is 2.33 bits per heavy atom. The number of sulfonamides is 1. The summed E-state index contributed by atoms with van der Waals surface area (Å²) in [5.74, 6) is 0. The van der Waals surface area contributed by atoms with Crippen molar-refractivity contribution < 1.29 is 8.42 Å². The van der Waals surface area contributed by atoms with E-state index in [4.69, 9.17) is 0 Å². The molecule has 0 amide bonds. The van der Waals surface area contributed by atoms with Crippen molar-refractivity contribution in [3.63, 3.8) is 0 Å². The van der Waals surface area contributed by atoms with Gasteiger partial charge in [-0.3, -0.25) is 4.31 Å². The number of anilines is 1. The first-order chi connectivity index (χ1) is 13.0. The van der Waals surface area contributed by atoms with Crippen LogP contribution in [0.3, 0.4) is 0 Å². The van der Waals surface area contributed by atoms with E-state index in [1.165, 1.54) is 0 Å². The molecule has 3 nitrogen and oxygen atoms in total. The van der Waals surface area contributed by atoms with Gasteiger partial charge in [0.05, 0.1) is 16.6 Å². The van der Waals surface area contributed by atoms with Crippen molar-refractivity contribution in [2.75, 3.05) is 9.64 Å². The van der Waals surface area contributed by atoms with Gasteiger partial charge in [0.15, 0.2) is 0 Å². The van der Waals surface area contributed by atoms with Gasteiger partial charge >= 0.3 is 0 Å². The van der Waals surface area contributed by atoms with Crippen LogP contribution < -0.4 is 4.31 Å². The highest BCUT2D eigenvalue weighted by Crippen LogP contribution is 2.39. The highest BCUT2D eigenvalue weighted by Gasteiger charge is 2.37. The van der Waals surface area contributed by atoms with Crippen LogP contribution in [0.25, 0.3) is 11.1 Å². The molecule has 0 saturated carbocycles. The van der Waals surface area contributed by atoms with Crippen LogP contribution in [0, 0.1) is 6.92 Å². The lowest BCUT2D eigenvalue weighted by Crippen LogP contribution is -2.38. The lowest BCUT2D eigenvalue weighted by molar-refractivity contribution is 0.585. The predicted molar refractivity (Wildman–Crippen MR) is 114 cm³/mol. The molecule has 4 rings (SSSR count). The predicted octanol–water partition coefficient (Wildman–Crippen LogP) is 5.18. The van der Waals surface area contributed by atoms with Gasteiger partial charge in [0, 0.05) is 5.33 Å². The maximum Gasteiger partial charge on any atom is 0.264 e. The normalized spacial score (nSPS) is 16.4. The Bertz CT molecular complexity index is 1060. The summed E-state index contributed by atoms with van der Waals surface area (Å²) in [6, 6.07) is 23.1. The van der Waals surface area contributed by atoms with E-state index in [9.17, 15) is 8.42 Å². The van der Waals surface area contributed by atoms with Gasteiger partial charge in [-0.2, -0.15) is 0 Å². The van der Waals surface area contributed by atoms with E-state index in [-0.39, 0.29) is 6.04 Å². The van der Waals surface area contributed by atoms with Crippen LogP contribution in [0.2, 0.25) is 0 Å². The highest BCUT2D eigenvalue weighted by atomic mass is 79.9. The van der Waals surface area contributed by atoms with Crippen molar-refractivity contribution in [2.45, 2.75) is 24.3 Å². The van der Waals surface area contributed by atoms with Crippen molar-refractivity contribution in [1.29, 1.82) is 0 Å². The summed E-state index contributed by atoms with van der Waals surface area (Å²) in [4.78, 5) is 0.332. The van der Waals surface area contributed by atoms with Gasteiger partial charge in [0.25, 0.3) is 10.0 Å². The van der Waals surface area contributed by atoms with Gasteiger partial charge in [-0.15, -0.1) is 0 Å². The molecule has 0 radical (unpaired) electrons. The Labute approximate surface area is 168 Å². The number of hydrogen-bond acceptors (Lipinski definition) is 2. The molecule has 0 aliphatic carbocycles. The summed E-state index contributed by atoms with van der Waals surface area (Å²) in [5, 5.41) is 0.591. The minimum absolute atomic E-state index is 0.127. The van der Waals surface area contributed by atoms with Crippen molar-refractivity contribution in [2.24, 2.45) is 0 Å². The zero-order valence-corrected chi connectivity index (χ0v) is 17.4. The van der Waals surface area contributed by atoms with Gasteiger partial charge in [0.1, 0.15) is 0 Å². The van der Waals surface area contributed by atoms with E-state index in [0.717, 1.165) is 27.9 Å². The van der Waals surface area contributed by atoms with E-state index >= 15 is 0 Å². The number of nitrogens with zero attached hydrogens (tertiary/aromatic N) is 1. The fourth-order valence-corrected chi connectivity index (χ4v) is 5.97. The molecule has 0 unspecified atom stereocenters. The minimum Gasteiger partial charge on any atom is -0.262 e. The molecule has 27 heavy (non-hydrogen) atoms. The molecular weight excluding hydrogens is 422 g/mol. The minimum atomic E-state index is -3.60. The molecule has 5 heteroatoms. The summed E-state index contributed by atoms with van der Waals surface area (Å²) < 4.78 is 28.3. The molecule has 1 heterocycles. The Morgan fingerprint density at radius 2 is 1.67 bits per heavy atom. The molecule has 1 atom stereocenters. The van der Waals surface area contributed by atoms with E-state index in [0.29, 0.717) is 16.6 Å². The van der Waals surface area contributed by atoms with Crippen molar-refractivity contribution in [3.05, 3.63) is 83.9 Å². The van der Waals surface area contributed by atoms with Crippen LogP contribution in [-0.2, 0) is 16.4 Å². The Hall–Kier alpha value is -2.11. The molecule has 0 fully saturated rings. The Kier molecular flexibility index (Phi) is 4.82. The highest BCUT2D eigenvalue weighted by molar-refractivity contribution is 9.09. The van der Waals surface area contributed by atoms with E-state index in [1.807, 2.05) is 49.4 Å². The fourth-order valence-electron chi connectivity index (χ4n) is 3.57. The summed E-state index contributed by atoms with van der Waals surface area (Å²) in [5.41, 5.74) is 5.13. The number of alkyl halides is 1. The molecule has 1 aliphatic heterocycles. The molecule has 0 saturated heterocycles. The third-order valence-electron chi connectivity index (χ3n) is 4.97. The van der Waals surface area contributed by atoms with Gasteiger partial charge in [-0.25, -0.2) is 8.42 Å². The lowest BCUT2D eigenvalue weighted by atomic mass is 10.0. The summed E-state index contributed by atoms with van der Waals surface area (Å²) in [7, 11) is -3.60. The molecular formula is C22H20BrNO2S. The summed E-state index contributed by atoms with van der Waals surface area (Å²) in [6.45, 7) is 1.95. The monoisotopic (exact) mass is 441 g/mol. The summed E-state index contributed by atoms with van der Waals surface area (Å²) in [6.07, 6.45) is 0.701. The van der Waals surface area contributed by atoms with Crippen LogP contribution in [-0.4, -0.2) is 19.8 Å². The standard InChI is InChI=1S/C22H20BrNO2S/c1-16-7-10-21(11-8-16)27(25,26)24-20(15-23)14-19-13-18(9-12-22(19)24)17-5-3-2-4-6-17/h2-13,20H,14-15H2,1H3/t20-/m1/s1. The van der Waals surface area contributed by atoms with E-state index in [1.54, 1.807) is 16.4 Å². The zero-order chi connectivity index (χ0) is 19.0. The fraction of sp³-hybridized carbons (Fsp3) is 0.182.